The number of hydrogen-bond donors (Lipinski definition) is 2. The van der Waals surface area contributed by atoms with Gasteiger partial charge in [-0.15, -0.1) is 0 Å². The molecule has 1 aliphatic carbocycles. The predicted octanol–water partition coefficient (Wildman–Crippen LogP) is 3.63. The Hall–Kier alpha value is -1.63. The van der Waals surface area contributed by atoms with E-state index in [9.17, 15) is 18.4 Å². The van der Waals surface area contributed by atoms with Gasteiger partial charge in [0.2, 0.25) is 11.8 Å². The number of hydrogen-bond acceptors (Lipinski definition) is 3. The van der Waals surface area contributed by atoms with Crippen molar-refractivity contribution in [3.63, 3.8) is 0 Å². The molecule has 4 nitrogen and oxygen atoms in total. The summed E-state index contributed by atoms with van der Waals surface area (Å²) in [6.45, 7) is 1.39. The second-order valence-corrected chi connectivity index (χ2v) is 6.68. The van der Waals surface area contributed by atoms with Gasteiger partial charge in [-0.3, -0.25) is 9.59 Å². The molecule has 1 saturated carbocycles. The van der Waals surface area contributed by atoms with Crippen LogP contribution in [0.5, 0.6) is 0 Å². The fourth-order valence-electron chi connectivity index (χ4n) is 2.85. The van der Waals surface area contributed by atoms with Crippen molar-refractivity contribution in [1.29, 1.82) is 0 Å². The van der Waals surface area contributed by atoms with Gasteiger partial charge in [-0.05, 0) is 43.0 Å². The van der Waals surface area contributed by atoms with E-state index in [0.29, 0.717) is 22.3 Å². The van der Waals surface area contributed by atoms with Crippen molar-refractivity contribution in [3.8, 4) is 0 Å². The summed E-state index contributed by atoms with van der Waals surface area (Å²) in [6, 6.07) is 5.69. The van der Waals surface area contributed by atoms with Crippen LogP contribution in [-0.2, 0) is 9.59 Å². The number of carbonyl (C=O) groups excluding carboxylic acids is 2. The Bertz CT molecular complexity index is 546. The second-order valence-electron chi connectivity index (χ2n) is 5.61. The number of nitrogens with one attached hydrogen (secondary N) is 2. The molecule has 1 aliphatic rings. The van der Waals surface area contributed by atoms with Crippen LogP contribution in [0, 0.1) is 5.92 Å². The van der Waals surface area contributed by atoms with Crippen LogP contribution in [0.1, 0.15) is 32.6 Å². The molecule has 23 heavy (non-hydrogen) atoms. The molecular weight excluding hydrogens is 322 g/mol. The molecule has 0 heterocycles. The van der Waals surface area contributed by atoms with Crippen LogP contribution >= 0.6 is 11.8 Å². The molecule has 0 aliphatic heterocycles. The Kier molecular flexibility index (Phi) is 6.38. The Morgan fingerprint density at radius 1 is 1.17 bits per heavy atom. The Balaban J connectivity index is 2.00. The molecule has 1 fully saturated rings. The molecule has 0 saturated heterocycles. The van der Waals surface area contributed by atoms with Crippen LogP contribution in [0.2, 0.25) is 0 Å². The Labute approximate surface area is 138 Å². The van der Waals surface area contributed by atoms with Gasteiger partial charge in [0, 0.05) is 17.5 Å². The quantitative estimate of drug-likeness (QED) is 0.776. The van der Waals surface area contributed by atoms with Gasteiger partial charge in [-0.1, -0.05) is 24.6 Å². The van der Waals surface area contributed by atoms with Gasteiger partial charge in [0.25, 0.3) is 5.76 Å². The fourth-order valence-corrected chi connectivity index (χ4v) is 3.35. The average molecular weight is 342 g/mol. The highest BCUT2D eigenvalue weighted by Crippen LogP contribution is 2.29. The lowest BCUT2D eigenvalue weighted by molar-refractivity contribution is -0.126. The first-order valence-corrected chi connectivity index (χ1v) is 8.46. The first kappa shape index (κ1) is 17.7. The van der Waals surface area contributed by atoms with E-state index in [2.05, 4.69) is 10.6 Å². The smallest absolute Gasteiger partial charge is 0.288 e. The summed E-state index contributed by atoms with van der Waals surface area (Å²) in [5.41, 5.74) is 0.530. The van der Waals surface area contributed by atoms with Gasteiger partial charge in [-0.2, -0.15) is 8.78 Å². The van der Waals surface area contributed by atoms with E-state index in [0.717, 1.165) is 25.7 Å². The van der Waals surface area contributed by atoms with Crippen molar-refractivity contribution >= 4 is 29.3 Å². The lowest BCUT2D eigenvalue weighted by Crippen LogP contribution is -2.47. The molecule has 0 spiro atoms. The average Bonchev–Trinajstić information content (AvgIpc) is 3.00. The minimum Gasteiger partial charge on any atom is -0.344 e. The van der Waals surface area contributed by atoms with Gasteiger partial charge < -0.3 is 10.6 Å². The Morgan fingerprint density at radius 2 is 1.78 bits per heavy atom. The molecule has 1 atom stereocenters. The highest BCUT2D eigenvalue weighted by molar-refractivity contribution is 7.99. The minimum atomic E-state index is -2.47. The summed E-state index contributed by atoms with van der Waals surface area (Å²) in [4.78, 5) is 24.2. The summed E-state index contributed by atoms with van der Waals surface area (Å²) < 4.78 is 24.6. The predicted molar refractivity (Wildman–Crippen MR) is 86.5 cm³/mol. The van der Waals surface area contributed by atoms with E-state index >= 15 is 0 Å². The van der Waals surface area contributed by atoms with Gasteiger partial charge in [-0.25, -0.2) is 0 Å². The highest BCUT2D eigenvalue weighted by atomic mass is 32.2. The molecule has 126 valence electrons. The van der Waals surface area contributed by atoms with Crippen LogP contribution in [0.3, 0.4) is 0 Å². The van der Waals surface area contributed by atoms with Gasteiger partial charge in [0.15, 0.2) is 0 Å². The van der Waals surface area contributed by atoms with Gasteiger partial charge in [0.05, 0.1) is 0 Å². The van der Waals surface area contributed by atoms with Crippen molar-refractivity contribution < 1.29 is 18.4 Å². The molecule has 2 amide bonds. The highest BCUT2D eigenvalue weighted by Gasteiger charge is 2.31. The molecule has 0 unspecified atom stereocenters. The fraction of sp³-hybridized carbons (Fsp3) is 0.500. The summed E-state index contributed by atoms with van der Waals surface area (Å²) in [5, 5.41) is 5.48. The topological polar surface area (TPSA) is 58.2 Å². The van der Waals surface area contributed by atoms with E-state index in [1.54, 1.807) is 12.1 Å². The van der Waals surface area contributed by atoms with E-state index in [4.69, 9.17) is 0 Å². The third-order valence-corrected chi connectivity index (χ3v) is 4.58. The molecular formula is C16H20F2N2O2S. The maximum absolute atomic E-state index is 12.4. The number of benzene rings is 1. The molecule has 1 aromatic rings. The first-order valence-electron chi connectivity index (χ1n) is 7.58. The SMILES string of the molecule is CC(=O)N[C@H](C(=O)Nc1ccc(SC(F)F)cc1)C1CCCC1. The van der Waals surface area contributed by atoms with Crippen LogP contribution < -0.4 is 10.6 Å². The summed E-state index contributed by atoms with van der Waals surface area (Å²) in [6.07, 6.45) is 3.96. The van der Waals surface area contributed by atoms with Crippen LogP contribution in [0.4, 0.5) is 14.5 Å². The second kappa shape index (κ2) is 8.29. The number of alkyl halides is 2. The van der Waals surface area contributed by atoms with Crippen molar-refractivity contribution in [2.75, 3.05) is 5.32 Å². The third-order valence-electron chi connectivity index (χ3n) is 3.86. The number of anilines is 1. The lowest BCUT2D eigenvalue weighted by atomic mass is 9.97. The van der Waals surface area contributed by atoms with Crippen molar-refractivity contribution in [1.82, 2.24) is 5.32 Å². The van der Waals surface area contributed by atoms with Gasteiger partial charge in [0.1, 0.15) is 6.04 Å². The summed E-state index contributed by atoms with van der Waals surface area (Å²) in [5.74, 6) is -2.82. The Morgan fingerprint density at radius 3 is 2.30 bits per heavy atom. The summed E-state index contributed by atoms with van der Waals surface area (Å²) in [7, 11) is 0. The van der Waals surface area contributed by atoms with Crippen LogP contribution in [0.15, 0.2) is 29.2 Å². The normalized spacial score (nSPS) is 16.3. The number of halogens is 2. The molecule has 0 aromatic heterocycles. The minimum absolute atomic E-state index is 0.146. The van der Waals surface area contributed by atoms with E-state index < -0.39 is 11.8 Å². The maximum Gasteiger partial charge on any atom is 0.288 e. The van der Waals surface area contributed by atoms with E-state index in [-0.39, 0.29) is 17.7 Å². The van der Waals surface area contributed by atoms with Gasteiger partial charge >= 0.3 is 0 Å². The zero-order chi connectivity index (χ0) is 16.8. The zero-order valence-electron chi connectivity index (χ0n) is 12.9. The molecule has 2 rings (SSSR count). The molecule has 7 heteroatoms. The third kappa shape index (κ3) is 5.49. The molecule has 0 radical (unpaired) electrons. The largest absolute Gasteiger partial charge is 0.344 e. The lowest BCUT2D eigenvalue weighted by Gasteiger charge is -2.23. The molecule has 1 aromatic carbocycles. The van der Waals surface area contributed by atoms with Crippen molar-refractivity contribution in [2.24, 2.45) is 5.92 Å². The van der Waals surface area contributed by atoms with E-state index in [1.165, 1.54) is 19.1 Å². The number of rotatable bonds is 6. The van der Waals surface area contributed by atoms with Crippen molar-refractivity contribution in [3.05, 3.63) is 24.3 Å². The molecule has 2 N–H and O–H groups in total. The van der Waals surface area contributed by atoms with Crippen LogP contribution in [0.25, 0.3) is 0 Å². The number of amides is 2. The number of thioether (sulfide) groups is 1. The maximum atomic E-state index is 12.4. The molecule has 0 bridgehead atoms. The standard InChI is InChI=1S/C16H20F2N2O2S/c1-10(21)19-14(11-4-2-3-5-11)15(22)20-12-6-8-13(9-7-12)23-16(17)18/h6-9,11,14,16H,2-5H2,1H3,(H,19,21)(H,20,22)/t14-/m0/s1. The number of carbonyl (C=O) groups is 2. The van der Waals surface area contributed by atoms with Crippen LogP contribution in [-0.4, -0.2) is 23.6 Å². The zero-order valence-corrected chi connectivity index (χ0v) is 13.7. The monoisotopic (exact) mass is 342 g/mol. The van der Waals surface area contributed by atoms with E-state index in [1.807, 2.05) is 0 Å². The first-order chi connectivity index (χ1) is 11.0. The summed E-state index contributed by atoms with van der Waals surface area (Å²) >= 11 is 0.458. The van der Waals surface area contributed by atoms with Crippen molar-refractivity contribution in [2.45, 2.75) is 49.3 Å².